The maximum absolute atomic E-state index is 12.5. The molecule has 2 aromatic rings. The molecule has 0 unspecified atom stereocenters. The molecule has 0 radical (unpaired) electrons. The second-order valence-corrected chi connectivity index (χ2v) is 7.10. The number of hydrogen-bond donors (Lipinski definition) is 1. The summed E-state index contributed by atoms with van der Waals surface area (Å²) in [4.78, 5) is 15.1. The molecule has 0 saturated carbocycles. The van der Waals surface area contributed by atoms with Gasteiger partial charge in [0.25, 0.3) is 5.91 Å². The number of piperidine rings is 1. The maximum atomic E-state index is 12.5. The van der Waals surface area contributed by atoms with Crippen LogP contribution in [0, 0.1) is 13.8 Å². The van der Waals surface area contributed by atoms with Crippen molar-refractivity contribution < 1.29 is 4.79 Å². The number of benzene rings is 2. The van der Waals surface area contributed by atoms with Crippen molar-refractivity contribution in [1.29, 1.82) is 0 Å². The van der Waals surface area contributed by atoms with E-state index in [-0.39, 0.29) is 11.9 Å². The average molecular weight is 336 g/mol. The molecule has 1 saturated heterocycles. The van der Waals surface area contributed by atoms with Crippen LogP contribution < -0.4 is 5.32 Å². The first-order chi connectivity index (χ1) is 12.1. The minimum atomic E-state index is 0.0119. The minimum Gasteiger partial charge on any atom is -0.350 e. The van der Waals surface area contributed by atoms with Crippen LogP contribution in [-0.2, 0) is 0 Å². The van der Waals surface area contributed by atoms with Gasteiger partial charge in [0.2, 0.25) is 0 Å². The van der Waals surface area contributed by atoms with Crippen LogP contribution in [-0.4, -0.2) is 30.4 Å². The zero-order valence-corrected chi connectivity index (χ0v) is 15.3. The highest BCUT2D eigenvalue weighted by molar-refractivity contribution is 5.94. The molecule has 1 atom stereocenters. The summed E-state index contributed by atoms with van der Waals surface area (Å²) in [5, 5.41) is 3.16. The van der Waals surface area contributed by atoms with Crippen LogP contribution in [0.2, 0.25) is 0 Å². The van der Waals surface area contributed by atoms with Crippen molar-refractivity contribution in [1.82, 2.24) is 10.2 Å². The molecule has 1 fully saturated rings. The lowest BCUT2D eigenvalue weighted by Crippen LogP contribution is -2.40. The second kappa shape index (κ2) is 8.30. The third kappa shape index (κ3) is 4.70. The van der Waals surface area contributed by atoms with Crippen LogP contribution in [0.4, 0.5) is 0 Å². The first-order valence-corrected chi connectivity index (χ1v) is 9.29. The number of carbonyl (C=O) groups excluding carboxylic acids is 1. The number of nitrogens with zero attached hydrogens (tertiary/aromatic N) is 1. The first-order valence-electron chi connectivity index (χ1n) is 9.29. The molecule has 25 heavy (non-hydrogen) atoms. The van der Waals surface area contributed by atoms with Crippen molar-refractivity contribution in [2.75, 3.05) is 19.6 Å². The largest absolute Gasteiger partial charge is 0.350 e. The summed E-state index contributed by atoms with van der Waals surface area (Å²) in [5.74, 6) is 0.0119. The van der Waals surface area contributed by atoms with Gasteiger partial charge in [-0.2, -0.15) is 0 Å². The van der Waals surface area contributed by atoms with Crippen molar-refractivity contribution >= 4 is 5.91 Å². The molecule has 0 spiro atoms. The SMILES string of the molecule is Cc1ccc([C@@H](CNC(=O)c2cccc(C)c2)N2CCCCC2)cc1. The molecule has 1 heterocycles. The molecule has 1 aliphatic rings. The lowest BCUT2D eigenvalue weighted by Gasteiger charge is -2.35. The number of nitrogens with one attached hydrogen (secondary N) is 1. The van der Waals surface area contributed by atoms with E-state index in [4.69, 9.17) is 0 Å². The molecule has 1 N–H and O–H groups in total. The van der Waals surface area contributed by atoms with Crippen molar-refractivity contribution in [3.05, 3.63) is 70.8 Å². The minimum absolute atomic E-state index is 0.0119. The Balaban J connectivity index is 1.73. The number of hydrogen-bond acceptors (Lipinski definition) is 2. The van der Waals surface area contributed by atoms with Crippen molar-refractivity contribution in [2.24, 2.45) is 0 Å². The van der Waals surface area contributed by atoms with Gasteiger partial charge >= 0.3 is 0 Å². The molecule has 3 nitrogen and oxygen atoms in total. The quantitative estimate of drug-likeness (QED) is 0.885. The molecule has 132 valence electrons. The number of aryl methyl sites for hydroxylation is 2. The number of amides is 1. The van der Waals surface area contributed by atoms with Crippen molar-refractivity contribution in [3.63, 3.8) is 0 Å². The lowest BCUT2D eigenvalue weighted by molar-refractivity contribution is 0.0924. The van der Waals surface area contributed by atoms with Crippen LogP contribution in [0.25, 0.3) is 0 Å². The lowest BCUT2D eigenvalue weighted by atomic mass is 10.0. The van der Waals surface area contributed by atoms with Crippen LogP contribution in [0.3, 0.4) is 0 Å². The van der Waals surface area contributed by atoms with E-state index in [1.165, 1.54) is 30.4 Å². The molecule has 1 aliphatic heterocycles. The van der Waals surface area contributed by atoms with Crippen LogP contribution in [0.15, 0.2) is 48.5 Å². The molecule has 3 heteroatoms. The third-order valence-corrected chi connectivity index (χ3v) is 5.03. The summed E-state index contributed by atoms with van der Waals surface area (Å²) in [6.45, 7) is 6.99. The van der Waals surface area contributed by atoms with Crippen LogP contribution in [0.5, 0.6) is 0 Å². The van der Waals surface area contributed by atoms with Gasteiger partial charge in [-0.15, -0.1) is 0 Å². The fourth-order valence-corrected chi connectivity index (χ4v) is 3.55. The highest BCUT2D eigenvalue weighted by atomic mass is 16.1. The Morgan fingerprint density at radius 3 is 2.40 bits per heavy atom. The highest BCUT2D eigenvalue weighted by Gasteiger charge is 2.23. The van der Waals surface area contributed by atoms with E-state index in [9.17, 15) is 4.79 Å². The third-order valence-electron chi connectivity index (χ3n) is 5.03. The zero-order chi connectivity index (χ0) is 17.6. The standard InChI is InChI=1S/C22H28N2O/c1-17-9-11-19(12-10-17)21(24-13-4-3-5-14-24)16-23-22(25)20-8-6-7-18(2)15-20/h6-12,15,21H,3-5,13-14,16H2,1-2H3,(H,23,25)/t21-/m1/s1. The topological polar surface area (TPSA) is 32.3 Å². The van der Waals surface area contributed by atoms with Gasteiger partial charge in [0.15, 0.2) is 0 Å². The van der Waals surface area contributed by atoms with Crippen molar-refractivity contribution in [2.45, 2.75) is 39.2 Å². The van der Waals surface area contributed by atoms with E-state index < -0.39 is 0 Å². The monoisotopic (exact) mass is 336 g/mol. The van der Waals surface area contributed by atoms with E-state index in [1.807, 2.05) is 31.2 Å². The van der Waals surface area contributed by atoms with E-state index in [1.54, 1.807) is 0 Å². The van der Waals surface area contributed by atoms with Crippen LogP contribution in [0.1, 0.15) is 52.4 Å². The first kappa shape index (κ1) is 17.7. The Bertz CT molecular complexity index is 702. The Morgan fingerprint density at radius 2 is 1.72 bits per heavy atom. The van der Waals surface area contributed by atoms with Gasteiger partial charge in [0, 0.05) is 12.1 Å². The Hall–Kier alpha value is -2.13. The second-order valence-electron chi connectivity index (χ2n) is 7.10. The van der Waals surface area contributed by atoms with Gasteiger partial charge in [-0.25, -0.2) is 0 Å². The highest BCUT2D eigenvalue weighted by Crippen LogP contribution is 2.24. The van der Waals surface area contributed by atoms with E-state index >= 15 is 0 Å². The van der Waals surface area contributed by atoms with Crippen LogP contribution >= 0.6 is 0 Å². The normalized spacial score (nSPS) is 16.4. The fraction of sp³-hybridized carbons (Fsp3) is 0.409. The number of likely N-dealkylation sites (tertiary alicyclic amines) is 1. The molecule has 1 amide bonds. The molecule has 3 rings (SSSR count). The van der Waals surface area contributed by atoms with Gasteiger partial charge in [0.05, 0.1) is 6.04 Å². The van der Waals surface area contributed by atoms with Gasteiger partial charge < -0.3 is 5.32 Å². The maximum Gasteiger partial charge on any atom is 0.251 e. The summed E-state index contributed by atoms with van der Waals surface area (Å²) in [6.07, 6.45) is 3.80. The number of carbonyl (C=O) groups is 1. The molecule has 0 bridgehead atoms. The smallest absolute Gasteiger partial charge is 0.251 e. The van der Waals surface area contributed by atoms with E-state index in [2.05, 4.69) is 41.4 Å². The Labute approximate surface area is 151 Å². The van der Waals surface area contributed by atoms with Gasteiger partial charge in [-0.3, -0.25) is 9.69 Å². The molecular weight excluding hydrogens is 308 g/mol. The van der Waals surface area contributed by atoms with Crippen molar-refractivity contribution in [3.8, 4) is 0 Å². The van der Waals surface area contributed by atoms with E-state index in [0.717, 1.165) is 24.2 Å². The summed E-state index contributed by atoms with van der Waals surface area (Å²) >= 11 is 0. The van der Waals surface area contributed by atoms with Gasteiger partial charge in [-0.05, 0) is 57.5 Å². The average Bonchev–Trinajstić information content (AvgIpc) is 2.64. The predicted molar refractivity (Wildman–Crippen MR) is 103 cm³/mol. The molecule has 0 aromatic heterocycles. The molecule has 0 aliphatic carbocycles. The number of rotatable bonds is 5. The van der Waals surface area contributed by atoms with Gasteiger partial charge in [0.1, 0.15) is 0 Å². The fourth-order valence-electron chi connectivity index (χ4n) is 3.55. The zero-order valence-electron chi connectivity index (χ0n) is 15.3. The summed E-state index contributed by atoms with van der Waals surface area (Å²) in [6, 6.07) is 16.7. The molecular formula is C22H28N2O. The predicted octanol–water partition coefficient (Wildman–Crippen LogP) is 4.26. The summed E-state index contributed by atoms with van der Waals surface area (Å²) in [7, 11) is 0. The summed E-state index contributed by atoms with van der Waals surface area (Å²) in [5.41, 5.74) is 4.40. The van der Waals surface area contributed by atoms with E-state index in [0.29, 0.717) is 6.54 Å². The van der Waals surface area contributed by atoms with Gasteiger partial charge in [-0.1, -0.05) is 53.9 Å². The Kier molecular flexibility index (Phi) is 5.87. The molecule has 2 aromatic carbocycles. The summed E-state index contributed by atoms with van der Waals surface area (Å²) < 4.78 is 0. The Morgan fingerprint density at radius 1 is 1.00 bits per heavy atom.